The molecule has 0 fully saturated rings. The van der Waals surface area contributed by atoms with Gasteiger partial charge in [-0.05, 0) is 37.6 Å². The van der Waals surface area contributed by atoms with Gasteiger partial charge in [-0.1, -0.05) is 30.3 Å². The number of para-hydroxylation sites is 2. The van der Waals surface area contributed by atoms with Crippen LogP contribution < -0.4 is 5.32 Å². The highest BCUT2D eigenvalue weighted by Crippen LogP contribution is 2.27. The van der Waals surface area contributed by atoms with Crippen LogP contribution in [-0.4, -0.2) is 19.6 Å². The van der Waals surface area contributed by atoms with Gasteiger partial charge in [0, 0.05) is 11.1 Å². The third-order valence-corrected chi connectivity index (χ3v) is 3.82. The smallest absolute Gasteiger partial charge is 0.257 e. The SMILES string of the molecule is Cc1ccccc1Nc1nc2nnc(C)n2c2ccccc12. The third-order valence-electron chi connectivity index (χ3n) is 3.82. The molecule has 0 aliphatic carbocycles. The summed E-state index contributed by atoms with van der Waals surface area (Å²) in [4.78, 5) is 4.64. The molecule has 0 radical (unpaired) electrons. The number of benzene rings is 2. The van der Waals surface area contributed by atoms with Crippen molar-refractivity contribution in [1.82, 2.24) is 19.6 Å². The molecule has 0 atom stereocenters. The number of rotatable bonds is 2. The summed E-state index contributed by atoms with van der Waals surface area (Å²) in [7, 11) is 0. The molecule has 5 nitrogen and oxygen atoms in total. The molecular weight excluding hydrogens is 274 g/mol. The van der Waals surface area contributed by atoms with E-state index in [2.05, 4.69) is 45.6 Å². The van der Waals surface area contributed by atoms with Gasteiger partial charge in [-0.15, -0.1) is 10.2 Å². The quantitative estimate of drug-likeness (QED) is 0.612. The molecule has 0 aliphatic rings. The summed E-state index contributed by atoms with van der Waals surface area (Å²) in [5, 5.41) is 12.8. The largest absolute Gasteiger partial charge is 0.339 e. The fourth-order valence-corrected chi connectivity index (χ4v) is 2.67. The molecule has 0 saturated carbocycles. The molecular formula is C17H15N5. The Hall–Kier alpha value is -2.95. The molecule has 108 valence electrons. The molecule has 2 heterocycles. The highest BCUT2D eigenvalue weighted by Gasteiger charge is 2.12. The first-order valence-corrected chi connectivity index (χ1v) is 7.17. The first-order chi connectivity index (χ1) is 10.7. The van der Waals surface area contributed by atoms with Crippen LogP contribution in [0, 0.1) is 13.8 Å². The minimum atomic E-state index is 0.604. The van der Waals surface area contributed by atoms with Gasteiger partial charge in [0.15, 0.2) is 0 Å². The summed E-state index contributed by atoms with van der Waals surface area (Å²) >= 11 is 0. The fraction of sp³-hybridized carbons (Fsp3) is 0.118. The molecule has 0 aliphatic heterocycles. The zero-order chi connectivity index (χ0) is 15.1. The number of nitrogens with one attached hydrogen (secondary N) is 1. The van der Waals surface area contributed by atoms with Crippen LogP contribution in [0.3, 0.4) is 0 Å². The van der Waals surface area contributed by atoms with Crippen LogP contribution in [0.25, 0.3) is 16.7 Å². The van der Waals surface area contributed by atoms with Gasteiger partial charge >= 0.3 is 0 Å². The minimum Gasteiger partial charge on any atom is -0.339 e. The second-order valence-electron chi connectivity index (χ2n) is 5.30. The predicted octanol–water partition coefficient (Wildman–Crippen LogP) is 3.64. The first kappa shape index (κ1) is 12.8. The Kier molecular flexibility index (Phi) is 2.79. The van der Waals surface area contributed by atoms with Crippen LogP contribution in [0.1, 0.15) is 11.4 Å². The van der Waals surface area contributed by atoms with E-state index in [1.54, 1.807) is 0 Å². The number of hydrogen-bond acceptors (Lipinski definition) is 4. The van der Waals surface area contributed by atoms with Crippen molar-refractivity contribution in [2.75, 3.05) is 5.32 Å². The first-order valence-electron chi connectivity index (χ1n) is 7.17. The van der Waals surface area contributed by atoms with E-state index in [1.807, 2.05) is 41.7 Å². The molecule has 0 spiro atoms. The summed E-state index contributed by atoms with van der Waals surface area (Å²) in [5.41, 5.74) is 3.26. The molecule has 2 aromatic heterocycles. The Labute approximate surface area is 127 Å². The lowest BCUT2D eigenvalue weighted by Gasteiger charge is -2.12. The minimum absolute atomic E-state index is 0.604. The zero-order valence-corrected chi connectivity index (χ0v) is 12.4. The van der Waals surface area contributed by atoms with Gasteiger partial charge in [-0.25, -0.2) is 0 Å². The van der Waals surface area contributed by atoms with Crippen molar-refractivity contribution in [3.05, 3.63) is 59.9 Å². The van der Waals surface area contributed by atoms with Crippen LogP contribution in [-0.2, 0) is 0 Å². The second-order valence-corrected chi connectivity index (χ2v) is 5.30. The van der Waals surface area contributed by atoms with Crippen molar-refractivity contribution in [1.29, 1.82) is 0 Å². The summed E-state index contributed by atoms with van der Waals surface area (Å²) in [5.74, 6) is 2.23. The van der Waals surface area contributed by atoms with E-state index in [0.29, 0.717) is 5.78 Å². The standard InChI is InChI=1S/C17H15N5/c1-11-7-3-5-9-14(11)18-16-13-8-4-6-10-15(13)22-12(2)20-21-17(22)19-16/h3-10H,1-2H3,(H,18,19,21). The third kappa shape index (κ3) is 1.90. The Morgan fingerprint density at radius 2 is 1.68 bits per heavy atom. The van der Waals surface area contributed by atoms with Crippen molar-refractivity contribution < 1.29 is 0 Å². The van der Waals surface area contributed by atoms with E-state index in [-0.39, 0.29) is 0 Å². The molecule has 1 N–H and O–H groups in total. The van der Waals surface area contributed by atoms with Gasteiger partial charge < -0.3 is 5.32 Å². The average molecular weight is 289 g/mol. The lowest BCUT2D eigenvalue weighted by molar-refractivity contribution is 1.02. The second kappa shape index (κ2) is 4.80. The number of aryl methyl sites for hydroxylation is 2. The lowest BCUT2D eigenvalue weighted by atomic mass is 10.2. The van der Waals surface area contributed by atoms with Gasteiger partial charge in [0.1, 0.15) is 11.6 Å². The number of nitrogens with zero attached hydrogens (tertiary/aromatic N) is 4. The summed E-state index contributed by atoms with van der Waals surface area (Å²) in [6.45, 7) is 4.01. The maximum Gasteiger partial charge on any atom is 0.257 e. The van der Waals surface area contributed by atoms with Crippen LogP contribution in [0.5, 0.6) is 0 Å². The number of aromatic nitrogens is 4. The van der Waals surface area contributed by atoms with Crippen LogP contribution in [0.2, 0.25) is 0 Å². The zero-order valence-electron chi connectivity index (χ0n) is 12.4. The van der Waals surface area contributed by atoms with Crippen LogP contribution >= 0.6 is 0 Å². The van der Waals surface area contributed by atoms with Gasteiger partial charge in [0.2, 0.25) is 0 Å². The molecule has 0 saturated heterocycles. The van der Waals surface area contributed by atoms with E-state index in [4.69, 9.17) is 0 Å². The summed E-state index contributed by atoms with van der Waals surface area (Å²) in [6.07, 6.45) is 0. The van der Waals surface area contributed by atoms with E-state index >= 15 is 0 Å². The van der Waals surface area contributed by atoms with E-state index in [0.717, 1.165) is 28.2 Å². The molecule has 4 aromatic rings. The Balaban J connectivity index is 1.98. The number of anilines is 2. The molecule has 5 heteroatoms. The van der Waals surface area contributed by atoms with Crippen molar-refractivity contribution in [3.8, 4) is 0 Å². The summed E-state index contributed by atoms with van der Waals surface area (Å²) < 4.78 is 1.97. The normalized spacial score (nSPS) is 11.2. The molecule has 4 rings (SSSR count). The van der Waals surface area contributed by atoms with Crippen LogP contribution in [0.15, 0.2) is 48.5 Å². The Morgan fingerprint density at radius 1 is 0.909 bits per heavy atom. The van der Waals surface area contributed by atoms with Gasteiger partial charge in [0.05, 0.1) is 5.52 Å². The average Bonchev–Trinajstić information content (AvgIpc) is 2.91. The topological polar surface area (TPSA) is 55.1 Å². The molecule has 22 heavy (non-hydrogen) atoms. The number of fused-ring (bicyclic) bond motifs is 3. The van der Waals surface area contributed by atoms with Crippen molar-refractivity contribution in [2.24, 2.45) is 0 Å². The van der Waals surface area contributed by atoms with Crippen molar-refractivity contribution in [2.45, 2.75) is 13.8 Å². The molecule has 0 amide bonds. The maximum atomic E-state index is 4.64. The Morgan fingerprint density at radius 3 is 2.55 bits per heavy atom. The van der Waals surface area contributed by atoms with Crippen molar-refractivity contribution >= 4 is 28.2 Å². The highest BCUT2D eigenvalue weighted by atomic mass is 15.3. The van der Waals surface area contributed by atoms with E-state index < -0.39 is 0 Å². The van der Waals surface area contributed by atoms with Crippen LogP contribution in [0.4, 0.5) is 11.5 Å². The van der Waals surface area contributed by atoms with Crippen molar-refractivity contribution in [3.63, 3.8) is 0 Å². The molecule has 0 unspecified atom stereocenters. The monoisotopic (exact) mass is 289 g/mol. The van der Waals surface area contributed by atoms with E-state index in [9.17, 15) is 0 Å². The predicted molar refractivity (Wildman–Crippen MR) is 87.5 cm³/mol. The summed E-state index contributed by atoms with van der Waals surface area (Å²) in [6, 6.07) is 16.3. The van der Waals surface area contributed by atoms with E-state index in [1.165, 1.54) is 5.56 Å². The van der Waals surface area contributed by atoms with Gasteiger partial charge in [-0.3, -0.25) is 4.40 Å². The Bertz CT molecular complexity index is 987. The molecule has 0 bridgehead atoms. The van der Waals surface area contributed by atoms with Gasteiger partial charge in [0.25, 0.3) is 5.78 Å². The lowest BCUT2D eigenvalue weighted by Crippen LogP contribution is -2.01. The fourth-order valence-electron chi connectivity index (χ4n) is 2.67. The highest BCUT2D eigenvalue weighted by molar-refractivity contribution is 5.93. The van der Waals surface area contributed by atoms with Gasteiger partial charge in [-0.2, -0.15) is 4.98 Å². The number of hydrogen-bond donors (Lipinski definition) is 1. The molecule has 2 aromatic carbocycles. The maximum absolute atomic E-state index is 4.64.